The maximum atomic E-state index is 12.5. The van der Waals surface area contributed by atoms with E-state index in [9.17, 15) is 13.2 Å². The zero-order chi connectivity index (χ0) is 24.2. The minimum absolute atomic E-state index is 0.000863. The van der Waals surface area contributed by atoms with E-state index in [0.29, 0.717) is 31.9 Å². The molecule has 0 radical (unpaired) electrons. The molecule has 0 saturated carbocycles. The van der Waals surface area contributed by atoms with Crippen LogP contribution in [0.25, 0.3) is 0 Å². The van der Waals surface area contributed by atoms with Crippen molar-refractivity contribution in [3.05, 3.63) is 60.2 Å². The van der Waals surface area contributed by atoms with Crippen molar-refractivity contribution < 1.29 is 22.7 Å². The molecule has 180 valence electrons. The Labute approximate surface area is 196 Å². The van der Waals surface area contributed by atoms with Crippen molar-refractivity contribution in [2.75, 3.05) is 26.2 Å². The fourth-order valence-corrected chi connectivity index (χ4v) is 4.29. The summed E-state index contributed by atoms with van der Waals surface area (Å²) in [5.74, 6) is 0.552. The average molecular weight is 476 g/mol. The average Bonchev–Trinajstić information content (AvgIpc) is 2.72. The van der Waals surface area contributed by atoms with Crippen LogP contribution in [0.5, 0.6) is 5.75 Å². The molecule has 1 aliphatic heterocycles. The summed E-state index contributed by atoms with van der Waals surface area (Å²) >= 11 is 0. The molecule has 0 spiro atoms. The van der Waals surface area contributed by atoms with E-state index in [1.165, 1.54) is 12.1 Å². The second-order valence-corrected chi connectivity index (χ2v) is 10.9. The number of sulfonamides is 1. The number of benzene rings is 2. The minimum Gasteiger partial charge on any atom is -0.484 e. The first kappa shape index (κ1) is 25.0. The summed E-state index contributed by atoms with van der Waals surface area (Å²) in [6.07, 6.45) is -0.563. The predicted octanol–water partition coefficient (Wildman–Crippen LogP) is 3.40. The molecule has 1 heterocycles. The number of primary sulfonamides is 1. The predicted molar refractivity (Wildman–Crippen MR) is 126 cm³/mol. The van der Waals surface area contributed by atoms with Gasteiger partial charge in [0, 0.05) is 32.2 Å². The Balaban J connectivity index is 1.70. The standard InChI is InChI=1S/C24H33N3O5S/c1-18-16-26(14-15-27(18)23(28)32-24(2,3)4)17-22(19-8-6-5-7-9-19)31-20-10-12-21(13-11-20)33(25,29)30/h5-13,18,22H,14-17H2,1-4H3,(H2,25,29,30)/t18-,22?/m1/s1. The van der Waals surface area contributed by atoms with Gasteiger partial charge in [-0.15, -0.1) is 0 Å². The van der Waals surface area contributed by atoms with Crippen LogP contribution in [0.1, 0.15) is 39.4 Å². The Bertz CT molecular complexity index is 1040. The van der Waals surface area contributed by atoms with Gasteiger partial charge in [-0.3, -0.25) is 4.90 Å². The van der Waals surface area contributed by atoms with Gasteiger partial charge >= 0.3 is 6.09 Å². The molecule has 3 rings (SSSR count). The smallest absolute Gasteiger partial charge is 0.410 e. The van der Waals surface area contributed by atoms with Crippen LogP contribution in [-0.2, 0) is 14.8 Å². The number of nitrogens with zero attached hydrogens (tertiary/aromatic N) is 2. The Kier molecular flexibility index (Phi) is 7.66. The van der Waals surface area contributed by atoms with Crippen molar-refractivity contribution in [1.82, 2.24) is 9.80 Å². The van der Waals surface area contributed by atoms with E-state index in [-0.39, 0.29) is 23.1 Å². The van der Waals surface area contributed by atoms with Crippen LogP contribution < -0.4 is 9.88 Å². The monoisotopic (exact) mass is 475 g/mol. The molecular weight excluding hydrogens is 442 g/mol. The highest BCUT2D eigenvalue weighted by atomic mass is 32.2. The quantitative estimate of drug-likeness (QED) is 0.687. The van der Waals surface area contributed by atoms with Gasteiger partial charge in [0.1, 0.15) is 17.5 Å². The summed E-state index contributed by atoms with van der Waals surface area (Å²) < 4.78 is 34.9. The van der Waals surface area contributed by atoms with Gasteiger partial charge in [-0.05, 0) is 57.5 Å². The van der Waals surface area contributed by atoms with Gasteiger partial charge in [0.2, 0.25) is 10.0 Å². The van der Waals surface area contributed by atoms with E-state index < -0.39 is 15.6 Å². The summed E-state index contributed by atoms with van der Waals surface area (Å²) in [6.45, 7) is 10.2. The zero-order valence-electron chi connectivity index (χ0n) is 19.6. The van der Waals surface area contributed by atoms with Crippen LogP contribution in [0.15, 0.2) is 59.5 Å². The maximum absolute atomic E-state index is 12.5. The lowest BCUT2D eigenvalue weighted by Crippen LogP contribution is -2.55. The lowest BCUT2D eigenvalue weighted by molar-refractivity contribution is -0.00297. The normalized spacial score (nSPS) is 18.6. The molecule has 9 heteroatoms. The summed E-state index contributed by atoms with van der Waals surface area (Å²) in [7, 11) is -3.76. The van der Waals surface area contributed by atoms with E-state index in [1.54, 1.807) is 17.0 Å². The zero-order valence-corrected chi connectivity index (χ0v) is 20.4. The second-order valence-electron chi connectivity index (χ2n) is 9.32. The van der Waals surface area contributed by atoms with Gasteiger partial charge in [-0.25, -0.2) is 18.4 Å². The second kappa shape index (κ2) is 10.1. The Morgan fingerprint density at radius 1 is 1.09 bits per heavy atom. The first-order valence-electron chi connectivity index (χ1n) is 11.0. The van der Waals surface area contributed by atoms with Crippen molar-refractivity contribution in [2.45, 2.75) is 50.3 Å². The van der Waals surface area contributed by atoms with Crippen LogP contribution in [-0.4, -0.2) is 62.1 Å². The highest BCUT2D eigenvalue weighted by Gasteiger charge is 2.32. The first-order chi connectivity index (χ1) is 15.4. The van der Waals surface area contributed by atoms with Crippen molar-refractivity contribution in [3.8, 4) is 5.75 Å². The molecule has 1 unspecified atom stereocenters. The van der Waals surface area contributed by atoms with Gasteiger partial charge in [-0.2, -0.15) is 0 Å². The number of hydrogen-bond acceptors (Lipinski definition) is 6. The molecule has 0 aliphatic carbocycles. The van der Waals surface area contributed by atoms with E-state index in [2.05, 4.69) is 4.90 Å². The molecule has 8 nitrogen and oxygen atoms in total. The van der Waals surface area contributed by atoms with Gasteiger partial charge in [0.05, 0.1) is 4.90 Å². The Hall–Kier alpha value is -2.62. The molecule has 0 bridgehead atoms. The highest BCUT2D eigenvalue weighted by Crippen LogP contribution is 2.25. The fraction of sp³-hybridized carbons (Fsp3) is 0.458. The van der Waals surface area contributed by atoms with E-state index >= 15 is 0 Å². The molecule has 2 N–H and O–H groups in total. The van der Waals surface area contributed by atoms with Crippen molar-refractivity contribution >= 4 is 16.1 Å². The number of nitrogens with two attached hydrogens (primary N) is 1. The minimum atomic E-state index is -3.76. The van der Waals surface area contributed by atoms with Gasteiger partial charge < -0.3 is 14.4 Å². The lowest BCUT2D eigenvalue weighted by Gasteiger charge is -2.41. The first-order valence-corrected chi connectivity index (χ1v) is 12.5. The largest absolute Gasteiger partial charge is 0.484 e. The molecule has 2 atom stereocenters. The van der Waals surface area contributed by atoms with E-state index in [4.69, 9.17) is 14.6 Å². The summed E-state index contributed by atoms with van der Waals surface area (Å²) in [4.78, 5) is 16.6. The highest BCUT2D eigenvalue weighted by molar-refractivity contribution is 7.89. The topological polar surface area (TPSA) is 102 Å². The SMILES string of the molecule is C[C@@H]1CN(CC(Oc2ccc(S(N)(=O)=O)cc2)c2ccccc2)CCN1C(=O)OC(C)(C)C. The fourth-order valence-electron chi connectivity index (χ4n) is 3.78. The van der Waals surface area contributed by atoms with Crippen molar-refractivity contribution in [1.29, 1.82) is 0 Å². The molecule has 2 aromatic rings. The van der Waals surface area contributed by atoms with E-state index in [1.807, 2.05) is 58.0 Å². The van der Waals surface area contributed by atoms with Crippen LogP contribution in [0.2, 0.25) is 0 Å². The molecule has 1 amide bonds. The molecule has 1 fully saturated rings. The summed E-state index contributed by atoms with van der Waals surface area (Å²) in [6, 6.07) is 16.0. The van der Waals surface area contributed by atoms with Crippen LogP contribution in [0.4, 0.5) is 4.79 Å². The Morgan fingerprint density at radius 3 is 2.27 bits per heavy atom. The third kappa shape index (κ3) is 7.18. The van der Waals surface area contributed by atoms with Crippen molar-refractivity contribution in [2.24, 2.45) is 5.14 Å². The lowest BCUT2D eigenvalue weighted by atomic mass is 10.1. The third-order valence-corrected chi connectivity index (χ3v) is 6.29. The van der Waals surface area contributed by atoms with Crippen molar-refractivity contribution in [3.63, 3.8) is 0 Å². The third-order valence-electron chi connectivity index (χ3n) is 5.37. The van der Waals surface area contributed by atoms with Gasteiger partial charge in [-0.1, -0.05) is 30.3 Å². The number of ether oxygens (including phenoxy) is 2. The Morgan fingerprint density at radius 2 is 1.73 bits per heavy atom. The number of hydrogen-bond donors (Lipinski definition) is 1. The molecule has 2 aromatic carbocycles. The van der Waals surface area contributed by atoms with Crippen LogP contribution >= 0.6 is 0 Å². The van der Waals surface area contributed by atoms with Gasteiger partial charge in [0.15, 0.2) is 0 Å². The molecule has 0 aromatic heterocycles. The summed E-state index contributed by atoms with van der Waals surface area (Å²) in [5, 5.41) is 5.19. The maximum Gasteiger partial charge on any atom is 0.410 e. The molecule has 33 heavy (non-hydrogen) atoms. The molecule has 1 aliphatic rings. The van der Waals surface area contributed by atoms with Crippen LogP contribution in [0, 0.1) is 0 Å². The van der Waals surface area contributed by atoms with Gasteiger partial charge in [0.25, 0.3) is 0 Å². The molecule has 1 saturated heterocycles. The van der Waals surface area contributed by atoms with E-state index in [0.717, 1.165) is 5.56 Å². The number of carbonyl (C=O) groups is 1. The van der Waals surface area contributed by atoms with Crippen LogP contribution in [0.3, 0.4) is 0 Å². The number of amides is 1. The number of piperazine rings is 1. The molecular formula is C24H33N3O5S. The number of rotatable bonds is 6. The summed E-state index contributed by atoms with van der Waals surface area (Å²) in [5.41, 5.74) is 0.481. The number of carbonyl (C=O) groups excluding carboxylic acids is 1.